The highest BCUT2D eigenvalue weighted by Crippen LogP contribution is 2.39. The van der Waals surface area contributed by atoms with Crippen molar-refractivity contribution in [2.24, 2.45) is 0 Å². The highest BCUT2D eigenvalue weighted by molar-refractivity contribution is 6.10. The third kappa shape index (κ3) is 3.02. The summed E-state index contributed by atoms with van der Waals surface area (Å²) in [6, 6.07) is 5.18. The molecule has 1 saturated carbocycles. The number of nitrogen functional groups attached to an aromatic ring is 1. The molecule has 0 unspecified atom stereocenters. The summed E-state index contributed by atoms with van der Waals surface area (Å²) in [5.41, 5.74) is 7.76. The minimum atomic E-state index is -0.750. The number of hydrogen-bond acceptors (Lipinski definition) is 4. The lowest BCUT2D eigenvalue weighted by Crippen LogP contribution is -2.50. The van der Waals surface area contributed by atoms with E-state index in [2.05, 4.69) is 0 Å². The number of benzene rings is 1. The number of anilines is 2. The van der Waals surface area contributed by atoms with Crippen LogP contribution in [0.25, 0.3) is 0 Å². The first-order valence-corrected chi connectivity index (χ1v) is 9.73. The van der Waals surface area contributed by atoms with Crippen molar-refractivity contribution >= 4 is 41.6 Å². The number of fused-ring (bicyclic) bond motifs is 1. The van der Waals surface area contributed by atoms with Gasteiger partial charge in [-0.25, -0.2) is 4.79 Å². The number of nitrogens with two attached hydrogens (primary N) is 1. The first kappa shape index (κ1) is 20.5. The van der Waals surface area contributed by atoms with Crippen LogP contribution in [0.15, 0.2) is 18.2 Å². The van der Waals surface area contributed by atoms with E-state index in [4.69, 9.17) is 5.73 Å². The van der Waals surface area contributed by atoms with Crippen LogP contribution >= 0.6 is 12.4 Å². The fourth-order valence-corrected chi connectivity index (χ4v) is 4.80. The van der Waals surface area contributed by atoms with E-state index in [9.17, 15) is 14.4 Å². The highest BCUT2D eigenvalue weighted by atomic mass is 35.5. The zero-order chi connectivity index (χ0) is 19.2. The number of likely N-dealkylation sites (N-methyl/N-ethyl adjacent to an activating group) is 1. The van der Waals surface area contributed by atoms with Crippen LogP contribution < -0.4 is 10.6 Å². The minimum absolute atomic E-state index is 0. The van der Waals surface area contributed by atoms with Crippen LogP contribution in [0.1, 0.15) is 44.1 Å². The third-order valence-electron chi connectivity index (χ3n) is 6.37. The second-order valence-electron chi connectivity index (χ2n) is 7.82. The van der Waals surface area contributed by atoms with Crippen molar-refractivity contribution < 1.29 is 14.4 Å². The molecule has 0 radical (unpaired) electrons. The number of hydrogen-bond donors (Lipinski definition) is 1. The summed E-state index contributed by atoms with van der Waals surface area (Å²) in [5, 5.41) is 0. The molecule has 28 heavy (non-hydrogen) atoms. The van der Waals surface area contributed by atoms with Crippen LogP contribution in [0.2, 0.25) is 0 Å². The summed E-state index contributed by atoms with van der Waals surface area (Å²) in [7, 11) is 1.69. The molecule has 1 saturated heterocycles. The molecule has 0 aromatic heterocycles. The standard InChI is InChI=1S/C20H26N4O3.ClH/c1-22-19(27)24(18(26)20(22)10-3-2-4-11-20)13-17(25)23-12-6-7-14-15(21)8-5-9-16(14)23;/h5,8-9H,2-4,6-7,10-13,21H2,1H3;1H. The number of halogens is 1. The van der Waals surface area contributed by atoms with Gasteiger partial charge in [0.1, 0.15) is 12.1 Å². The van der Waals surface area contributed by atoms with E-state index < -0.39 is 5.54 Å². The molecular formula is C20H27ClN4O3. The van der Waals surface area contributed by atoms with E-state index in [-0.39, 0.29) is 36.8 Å². The molecule has 0 atom stereocenters. The number of amides is 4. The molecule has 1 aromatic rings. The summed E-state index contributed by atoms with van der Waals surface area (Å²) in [6.45, 7) is 0.366. The minimum Gasteiger partial charge on any atom is -0.398 e. The highest BCUT2D eigenvalue weighted by Gasteiger charge is 2.56. The summed E-state index contributed by atoms with van der Waals surface area (Å²) in [4.78, 5) is 43.2. The molecule has 4 amide bonds. The van der Waals surface area contributed by atoms with Gasteiger partial charge in [0.2, 0.25) is 5.91 Å². The van der Waals surface area contributed by atoms with E-state index in [0.29, 0.717) is 25.1 Å². The Morgan fingerprint density at radius 2 is 1.86 bits per heavy atom. The zero-order valence-corrected chi connectivity index (χ0v) is 17.0. The summed E-state index contributed by atoms with van der Waals surface area (Å²) in [6.07, 6.45) is 5.97. The number of urea groups is 1. The van der Waals surface area contributed by atoms with Crippen molar-refractivity contribution in [1.29, 1.82) is 0 Å². The lowest BCUT2D eigenvalue weighted by molar-refractivity contribution is -0.136. The Balaban J connectivity index is 0.00000225. The van der Waals surface area contributed by atoms with Gasteiger partial charge in [0, 0.05) is 25.0 Å². The smallest absolute Gasteiger partial charge is 0.327 e. The van der Waals surface area contributed by atoms with Crippen molar-refractivity contribution in [2.75, 3.05) is 30.8 Å². The second-order valence-corrected chi connectivity index (χ2v) is 7.82. The Labute approximate surface area is 171 Å². The van der Waals surface area contributed by atoms with Crippen molar-refractivity contribution in [2.45, 2.75) is 50.5 Å². The number of rotatable bonds is 2. The lowest BCUT2D eigenvalue weighted by atomic mass is 9.81. The maximum absolute atomic E-state index is 13.1. The fourth-order valence-electron chi connectivity index (χ4n) is 4.80. The van der Waals surface area contributed by atoms with Gasteiger partial charge in [0.05, 0.1) is 0 Å². The van der Waals surface area contributed by atoms with E-state index in [1.165, 1.54) is 0 Å². The molecule has 7 nitrogen and oxygen atoms in total. The molecule has 2 N–H and O–H groups in total. The lowest BCUT2D eigenvalue weighted by Gasteiger charge is -2.36. The molecule has 1 aliphatic carbocycles. The largest absolute Gasteiger partial charge is 0.398 e. The second kappa shape index (κ2) is 7.62. The van der Waals surface area contributed by atoms with Gasteiger partial charge in [-0.1, -0.05) is 25.3 Å². The van der Waals surface area contributed by atoms with Crippen LogP contribution in [0.5, 0.6) is 0 Å². The Morgan fingerprint density at radius 3 is 2.57 bits per heavy atom. The fraction of sp³-hybridized carbons (Fsp3) is 0.550. The maximum atomic E-state index is 13.1. The van der Waals surface area contributed by atoms with Gasteiger partial charge < -0.3 is 15.5 Å². The number of carbonyl (C=O) groups excluding carboxylic acids is 3. The predicted molar refractivity (Wildman–Crippen MR) is 109 cm³/mol. The first-order valence-electron chi connectivity index (χ1n) is 9.73. The third-order valence-corrected chi connectivity index (χ3v) is 6.37. The summed E-state index contributed by atoms with van der Waals surface area (Å²) >= 11 is 0. The molecule has 2 fully saturated rings. The number of nitrogens with zero attached hydrogens (tertiary/aromatic N) is 3. The molecule has 1 spiro atoms. The van der Waals surface area contributed by atoms with Gasteiger partial charge in [0.25, 0.3) is 5.91 Å². The van der Waals surface area contributed by atoms with Crippen LogP contribution in [-0.2, 0) is 16.0 Å². The molecule has 1 aromatic carbocycles. The Bertz CT molecular complexity index is 807. The molecule has 152 valence electrons. The van der Waals surface area contributed by atoms with Crippen molar-refractivity contribution in [3.63, 3.8) is 0 Å². The van der Waals surface area contributed by atoms with Crippen molar-refractivity contribution in [3.8, 4) is 0 Å². The monoisotopic (exact) mass is 406 g/mol. The van der Waals surface area contributed by atoms with Crippen molar-refractivity contribution in [1.82, 2.24) is 9.80 Å². The van der Waals surface area contributed by atoms with Gasteiger partial charge in [0.15, 0.2) is 0 Å². The van der Waals surface area contributed by atoms with Gasteiger partial charge in [-0.2, -0.15) is 0 Å². The molecule has 4 rings (SSSR count). The van der Waals surface area contributed by atoms with Gasteiger partial charge in [-0.3, -0.25) is 14.5 Å². The zero-order valence-electron chi connectivity index (χ0n) is 16.1. The molecule has 8 heteroatoms. The quantitative estimate of drug-likeness (QED) is 0.604. The molecule has 0 bridgehead atoms. The topological polar surface area (TPSA) is 87.0 Å². The summed E-state index contributed by atoms with van der Waals surface area (Å²) in [5.74, 6) is -0.447. The van der Waals surface area contributed by atoms with Crippen LogP contribution in [0.4, 0.5) is 16.2 Å². The number of imide groups is 1. The molecular weight excluding hydrogens is 380 g/mol. The van der Waals surface area contributed by atoms with E-state index in [0.717, 1.165) is 48.3 Å². The van der Waals surface area contributed by atoms with Crippen molar-refractivity contribution in [3.05, 3.63) is 23.8 Å². The maximum Gasteiger partial charge on any atom is 0.327 e. The van der Waals surface area contributed by atoms with Gasteiger partial charge >= 0.3 is 6.03 Å². The summed E-state index contributed by atoms with van der Waals surface area (Å²) < 4.78 is 0. The Hall–Kier alpha value is -2.28. The average molecular weight is 407 g/mol. The van der Waals surface area contributed by atoms with E-state index >= 15 is 0 Å². The Kier molecular flexibility index (Phi) is 5.57. The SMILES string of the molecule is CN1C(=O)N(CC(=O)N2CCCc3c(N)cccc32)C(=O)C12CCCCC2.Cl. The van der Waals surface area contributed by atoms with Gasteiger partial charge in [-0.05, 0) is 43.4 Å². The predicted octanol–water partition coefficient (Wildman–Crippen LogP) is 2.57. The van der Waals surface area contributed by atoms with Crippen LogP contribution in [-0.4, -0.2) is 53.3 Å². The number of carbonyl (C=O) groups is 3. The van der Waals surface area contributed by atoms with Crippen LogP contribution in [0, 0.1) is 0 Å². The average Bonchev–Trinajstić information content (AvgIpc) is 2.85. The van der Waals surface area contributed by atoms with Gasteiger partial charge in [-0.15, -0.1) is 12.4 Å². The normalized spacial score (nSPS) is 21.0. The first-order chi connectivity index (χ1) is 13.0. The van der Waals surface area contributed by atoms with Crippen LogP contribution in [0.3, 0.4) is 0 Å². The molecule has 2 heterocycles. The molecule has 3 aliphatic rings. The van der Waals surface area contributed by atoms with E-state index in [1.54, 1.807) is 16.8 Å². The van der Waals surface area contributed by atoms with E-state index in [1.807, 2.05) is 18.2 Å². The Morgan fingerprint density at radius 1 is 1.14 bits per heavy atom. The molecule has 2 aliphatic heterocycles.